The third-order valence-electron chi connectivity index (χ3n) is 3.70. The number of hydrogen-bond donors (Lipinski definition) is 1. The Morgan fingerprint density at radius 1 is 1.22 bits per heavy atom. The lowest BCUT2D eigenvalue weighted by molar-refractivity contribution is -0.119. The minimum atomic E-state index is 0.0661. The molecule has 1 aromatic rings. The molecule has 0 aliphatic carbocycles. The topological polar surface area (TPSA) is 41.6 Å². The summed E-state index contributed by atoms with van der Waals surface area (Å²) in [5, 5.41) is 4.85. The Labute approximate surface area is 107 Å². The molecule has 1 amide bonds. The molecular weight excluding hydrogens is 228 g/mol. The van der Waals surface area contributed by atoms with Crippen LogP contribution < -0.4 is 10.4 Å². The van der Waals surface area contributed by atoms with E-state index in [2.05, 4.69) is 11.4 Å². The summed E-state index contributed by atoms with van der Waals surface area (Å²) in [6, 6.07) is 8.12. The molecule has 2 fully saturated rings. The van der Waals surface area contributed by atoms with Gasteiger partial charge in [-0.1, -0.05) is 18.2 Å². The highest BCUT2D eigenvalue weighted by molar-refractivity contribution is 5.93. The quantitative estimate of drug-likeness (QED) is 0.865. The second kappa shape index (κ2) is 5.08. The van der Waals surface area contributed by atoms with E-state index in [4.69, 9.17) is 4.84 Å². The van der Waals surface area contributed by atoms with Crippen molar-refractivity contribution in [3.63, 3.8) is 0 Å². The molecule has 3 rings (SSSR count). The molecule has 0 unspecified atom stereocenters. The van der Waals surface area contributed by atoms with Gasteiger partial charge < -0.3 is 5.32 Å². The van der Waals surface area contributed by atoms with E-state index in [1.54, 1.807) is 0 Å². The van der Waals surface area contributed by atoms with Crippen LogP contribution in [0.15, 0.2) is 24.3 Å². The number of hydroxylamine groups is 1. The number of carbonyl (C=O) groups excluding carboxylic acids is 1. The lowest BCUT2D eigenvalue weighted by Crippen LogP contribution is -2.29. The van der Waals surface area contributed by atoms with Crippen LogP contribution in [0.1, 0.15) is 30.7 Å². The number of nitrogens with zero attached hydrogens (tertiary/aromatic N) is 1. The van der Waals surface area contributed by atoms with Gasteiger partial charge in [-0.3, -0.25) is 9.63 Å². The summed E-state index contributed by atoms with van der Waals surface area (Å²) < 4.78 is 0. The highest BCUT2D eigenvalue weighted by Gasteiger charge is 2.28. The maximum absolute atomic E-state index is 11.8. The SMILES string of the molecule is O=C1CCON1c1ccccc1C1CCNCC1. The summed E-state index contributed by atoms with van der Waals surface area (Å²) in [6.07, 6.45) is 2.73. The minimum Gasteiger partial charge on any atom is -0.317 e. The molecule has 2 saturated heterocycles. The van der Waals surface area contributed by atoms with Crippen molar-refractivity contribution in [3.8, 4) is 0 Å². The summed E-state index contributed by atoms with van der Waals surface area (Å²) in [7, 11) is 0. The monoisotopic (exact) mass is 246 g/mol. The fourth-order valence-corrected chi connectivity index (χ4v) is 2.75. The molecule has 0 bridgehead atoms. The molecule has 1 N–H and O–H groups in total. The molecule has 2 aliphatic heterocycles. The van der Waals surface area contributed by atoms with Crippen molar-refractivity contribution in [1.82, 2.24) is 5.32 Å². The molecule has 18 heavy (non-hydrogen) atoms. The van der Waals surface area contributed by atoms with E-state index in [-0.39, 0.29) is 5.91 Å². The third kappa shape index (κ3) is 2.13. The van der Waals surface area contributed by atoms with E-state index < -0.39 is 0 Å². The van der Waals surface area contributed by atoms with Crippen LogP contribution in [-0.4, -0.2) is 25.6 Å². The first-order valence-electron chi connectivity index (χ1n) is 6.62. The summed E-state index contributed by atoms with van der Waals surface area (Å²) >= 11 is 0. The predicted octanol–water partition coefficient (Wildman–Crippen LogP) is 1.82. The molecule has 2 aliphatic rings. The Morgan fingerprint density at radius 3 is 2.72 bits per heavy atom. The summed E-state index contributed by atoms with van der Waals surface area (Å²) in [5.41, 5.74) is 2.18. The Kier molecular flexibility index (Phi) is 3.30. The van der Waals surface area contributed by atoms with Crippen molar-refractivity contribution >= 4 is 11.6 Å². The molecule has 0 atom stereocenters. The van der Waals surface area contributed by atoms with E-state index in [0.717, 1.165) is 31.6 Å². The number of benzene rings is 1. The fraction of sp³-hybridized carbons (Fsp3) is 0.500. The molecule has 0 radical (unpaired) electrons. The standard InChI is InChI=1S/C14H18N2O2/c17-14-7-10-18-16(14)13-4-2-1-3-12(13)11-5-8-15-9-6-11/h1-4,11,15H,5-10H2. The molecule has 0 saturated carbocycles. The molecule has 1 aromatic carbocycles. The second-order valence-electron chi connectivity index (χ2n) is 4.85. The molecule has 4 heteroatoms. The highest BCUT2D eigenvalue weighted by atomic mass is 16.7. The second-order valence-corrected chi connectivity index (χ2v) is 4.85. The van der Waals surface area contributed by atoms with Gasteiger partial charge >= 0.3 is 0 Å². The van der Waals surface area contributed by atoms with Gasteiger partial charge in [-0.15, -0.1) is 0 Å². The van der Waals surface area contributed by atoms with E-state index in [0.29, 0.717) is 18.9 Å². The molecular formula is C14H18N2O2. The van der Waals surface area contributed by atoms with Gasteiger partial charge in [0, 0.05) is 0 Å². The molecule has 96 valence electrons. The molecule has 0 aromatic heterocycles. The molecule has 0 spiro atoms. The number of amides is 1. The van der Waals surface area contributed by atoms with Gasteiger partial charge in [-0.05, 0) is 43.5 Å². The van der Waals surface area contributed by atoms with Gasteiger partial charge in [-0.2, -0.15) is 5.06 Å². The number of rotatable bonds is 2. The van der Waals surface area contributed by atoms with Crippen LogP contribution in [0.2, 0.25) is 0 Å². The first-order valence-corrected chi connectivity index (χ1v) is 6.62. The zero-order valence-electron chi connectivity index (χ0n) is 10.4. The smallest absolute Gasteiger partial charge is 0.253 e. The van der Waals surface area contributed by atoms with E-state index >= 15 is 0 Å². The number of hydrogen-bond acceptors (Lipinski definition) is 3. The van der Waals surface area contributed by atoms with Gasteiger partial charge in [0.1, 0.15) is 0 Å². The Bertz CT molecular complexity index is 441. The van der Waals surface area contributed by atoms with Crippen LogP contribution in [-0.2, 0) is 9.63 Å². The number of anilines is 1. The normalized spacial score (nSPS) is 21.6. The lowest BCUT2D eigenvalue weighted by atomic mass is 9.89. The van der Waals surface area contributed by atoms with Crippen LogP contribution in [0.4, 0.5) is 5.69 Å². The van der Waals surface area contributed by atoms with Crippen LogP contribution in [0.3, 0.4) is 0 Å². The van der Waals surface area contributed by atoms with Gasteiger partial charge in [0.25, 0.3) is 5.91 Å². The number of para-hydroxylation sites is 1. The summed E-state index contributed by atoms with van der Waals surface area (Å²) in [6.45, 7) is 2.60. The van der Waals surface area contributed by atoms with Crippen molar-refractivity contribution in [2.75, 3.05) is 24.8 Å². The Morgan fingerprint density at radius 2 is 2.00 bits per heavy atom. The third-order valence-corrected chi connectivity index (χ3v) is 3.70. The van der Waals surface area contributed by atoms with Crippen LogP contribution in [0, 0.1) is 0 Å². The number of piperidine rings is 1. The lowest BCUT2D eigenvalue weighted by Gasteiger charge is -2.27. The van der Waals surface area contributed by atoms with Crippen LogP contribution >= 0.6 is 0 Å². The van der Waals surface area contributed by atoms with E-state index in [9.17, 15) is 4.79 Å². The summed E-state index contributed by atoms with van der Waals surface area (Å²) in [5.74, 6) is 0.593. The van der Waals surface area contributed by atoms with E-state index in [1.807, 2.05) is 18.2 Å². The predicted molar refractivity (Wildman–Crippen MR) is 69.3 cm³/mol. The van der Waals surface area contributed by atoms with Crippen molar-refractivity contribution in [1.29, 1.82) is 0 Å². The average molecular weight is 246 g/mol. The molecule has 2 heterocycles. The van der Waals surface area contributed by atoms with Gasteiger partial charge in [-0.25, -0.2) is 0 Å². The largest absolute Gasteiger partial charge is 0.317 e. The first-order chi connectivity index (χ1) is 8.86. The maximum Gasteiger partial charge on any atom is 0.253 e. The Balaban J connectivity index is 1.91. The molecule has 4 nitrogen and oxygen atoms in total. The van der Waals surface area contributed by atoms with Crippen molar-refractivity contribution < 1.29 is 9.63 Å². The minimum absolute atomic E-state index is 0.0661. The average Bonchev–Trinajstić information content (AvgIpc) is 2.86. The van der Waals surface area contributed by atoms with Crippen molar-refractivity contribution in [2.24, 2.45) is 0 Å². The number of nitrogens with one attached hydrogen (secondary N) is 1. The van der Waals surface area contributed by atoms with Crippen LogP contribution in [0.5, 0.6) is 0 Å². The van der Waals surface area contributed by atoms with E-state index in [1.165, 1.54) is 10.6 Å². The number of carbonyl (C=O) groups is 1. The Hall–Kier alpha value is -1.39. The van der Waals surface area contributed by atoms with Gasteiger partial charge in [0.05, 0.1) is 18.7 Å². The van der Waals surface area contributed by atoms with Crippen molar-refractivity contribution in [3.05, 3.63) is 29.8 Å². The van der Waals surface area contributed by atoms with Crippen molar-refractivity contribution in [2.45, 2.75) is 25.2 Å². The highest BCUT2D eigenvalue weighted by Crippen LogP contribution is 2.34. The maximum atomic E-state index is 11.8. The zero-order valence-corrected chi connectivity index (χ0v) is 10.4. The summed E-state index contributed by atoms with van der Waals surface area (Å²) in [4.78, 5) is 17.2. The fourth-order valence-electron chi connectivity index (χ4n) is 2.75. The first kappa shape index (κ1) is 11.7. The van der Waals surface area contributed by atoms with Gasteiger partial charge in [0.15, 0.2) is 0 Å². The zero-order chi connectivity index (χ0) is 12.4. The van der Waals surface area contributed by atoms with Gasteiger partial charge in [0.2, 0.25) is 0 Å². The van der Waals surface area contributed by atoms with Crippen LogP contribution in [0.25, 0.3) is 0 Å².